The molecule has 0 fully saturated rings. The summed E-state index contributed by atoms with van der Waals surface area (Å²) in [4.78, 5) is 4.83. The van der Waals surface area contributed by atoms with Crippen molar-refractivity contribution in [2.45, 2.75) is 52.4 Å². The first-order valence-corrected chi connectivity index (χ1v) is 25.0. The molecule has 0 spiro atoms. The van der Waals surface area contributed by atoms with Crippen molar-refractivity contribution >= 4 is 144 Å². The number of rotatable bonds is 2. The van der Waals surface area contributed by atoms with Crippen LogP contribution in [0.2, 0.25) is 0 Å². The number of furan rings is 2. The van der Waals surface area contributed by atoms with Crippen LogP contribution >= 0.6 is 0 Å². The summed E-state index contributed by atoms with van der Waals surface area (Å²) in [5, 5.41) is 17.2. The van der Waals surface area contributed by atoms with E-state index in [1.54, 1.807) is 0 Å². The molecular weight excluding hydrogens is 864 g/mol. The average Bonchev–Trinajstić information content (AvgIpc) is 3.96. The minimum Gasteiger partial charge on any atom is -0.440 e. The van der Waals surface area contributed by atoms with E-state index in [4.69, 9.17) is 8.83 Å². The molecule has 0 saturated heterocycles. The van der Waals surface area contributed by atoms with Gasteiger partial charge in [-0.25, -0.2) is 0 Å². The Morgan fingerprint density at radius 3 is 1.00 bits per heavy atom. The quantitative estimate of drug-likeness (QED) is 0.128. The molecular formula is C66H49BN2O2. The maximum absolute atomic E-state index is 7.35. The number of nitrogens with zero attached hydrogens (tertiary/aromatic N) is 2. The topological polar surface area (TPSA) is 32.8 Å². The second-order valence-corrected chi connectivity index (χ2v) is 22.0. The first-order chi connectivity index (χ1) is 34.5. The van der Waals surface area contributed by atoms with Crippen LogP contribution < -0.4 is 26.2 Å². The summed E-state index contributed by atoms with van der Waals surface area (Å²) in [6.07, 6.45) is 0. The number of hydrogen-bond donors (Lipinski definition) is 0. The van der Waals surface area contributed by atoms with Crippen molar-refractivity contribution in [3.63, 3.8) is 0 Å². The van der Waals surface area contributed by atoms with Gasteiger partial charge in [0.05, 0.1) is 0 Å². The molecule has 0 saturated carbocycles. The summed E-state index contributed by atoms with van der Waals surface area (Å²) < 4.78 is 14.7. The lowest BCUT2D eigenvalue weighted by Crippen LogP contribution is -2.60. The summed E-state index contributed by atoms with van der Waals surface area (Å²) >= 11 is 0. The smallest absolute Gasteiger partial charge is 0.262 e. The van der Waals surface area contributed by atoms with E-state index in [0.29, 0.717) is 0 Å². The Balaban J connectivity index is 1.07. The fourth-order valence-corrected chi connectivity index (χ4v) is 12.5. The molecule has 4 heterocycles. The standard InChI is InChI=1S/C66H49BN2O2/c1-65(2,3)38-26-32-58-54(34-38)60-63(70-58)68(40-28-30-50-46-20-9-7-16-42(46)44-18-11-13-22-48(44)52(50)36-40)56-24-15-25-57-62(56)67(60)61-55-35-39(66(4,5)6)27-33-59(55)71-64(61)69(57)41-29-31-51-47-21-10-8-17-43(47)45-19-12-14-23-49(45)53(51)37-41/h7-37H,1-6H3. The SMILES string of the molecule is CC(C)(C)c1ccc2oc3c(c2c1)B1c2c(cccc2N(c2ccc4c5ccccc5c5ccccc5c4c2)c2oc4ccc(C(C)(C)C)cc4c21)N3c1ccc2c3ccccc3c3ccccc3c2c1. The highest BCUT2D eigenvalue weighted by atomic mass is 16.4. The fraction of sp³-hybridized carbons (Fsp3) is 0.121. The molecule has 0 radical (unpaired) electrons. The Bertz CT molecular complexity index is 4110. The average molecular weight is 913 g/mol. The van der Waals surface area contributed by atoms with Gasteiger partial charge in [0.15, 0.2) is 0 Å². The van der Waals surface area contributed by atoms with Crippen molar-refractivity contribution in [1.82, 2.24) is 0 Å². The second kappa shape index (κ2) is 14.2. The molecule has 13 aromatic rings. The number of benzene rings is 11. The molecule has 0 amide bonds. The lowest BCUT2D eigenvalue weighted by molar-refractivity contribution is 0.589. The van der Waals surface area contributed by atoms with Crippen molar-refractivity contribution in [3.8, 4) is 0 Å². The molecule has 0 bridgehead atoms. The molecule has 0 unspecified atom stereocenters. The van der Waals surface area contributed by atoms with Gasteiger partial charge in [-0.05, 0) is 153 Å². The molecule has 0 atom stereocenters. The molecule has 2 aromatic heterocycles. The zero-order valence-electron chi connectivity index (χ0n) is 40.7. The van der Waals surface area contributed by atoms with E-state index in [2.05, 4.69) is 239 Å². The predicted octanol–water partition coefficient (Wildman–Crippen LogP) is 16.8. The molecule has 15 rings (SSSR count). The van der Waals surface area contributed by atoms with Crippen LogP contribution in [0.3, 0.4) is 0 Å². The maximum atomic E-state index is 7.35. The number of hydrogen-bond acceptors (Lipinski definition) is 4. The summed E-state index contributed by atoms with van der Waals surface area (Å²) in [6.45, 7) is 13.6. The molecule has 2 aliphatic rings. The minimum absolute atomic E-state index is 0.0814. The third kappa shape index (κ3) is 5.63. The molecule has 2 aliphatic heterocycles. The van der Waals surface area contributed by atoms with Crippen molar-refractivity contribution in [1.29, 1.82) is 0 Å². The van der Waals surface area contributed by atoms with E-state index in [9.17, 15) is 0 Å². The van der Waals surface area contributed by atoms with Gasteiger partial charge in [0.1, 0.15) is 11.2 Å². The largest absolute Gasteiger partial charge is 0.440 e. The van der Waals surface area contributed by atoms with Crippen molar-refractivity contribution in [3.05, 3.63) is 199 Å². The highest BCUT2D eigenvalue weighted by Gasteiger charge is 2.49. The Kier molecular flexibility index (Phi) is 8.10. The summed E-state index contributed by atoms with van der Waals surface area (Å²) in [5.41, 5.74) is 12.0. The van der Waals surface area contributed by atoms with Crippen LogP contribution in [0.25, 0.3) is 86.6 Å². The van der Waals surface area contributed by atoms with Gasteiger partial charge in [-0.2, -0.15) is 0 Å². The van der Waals surface area contributed by atoms with Gasteiger partial charge in [-0.1, -0.05) is 169 Å². The van der Waals surface area contributed by atoms with Gasteiger partial charge >= 0.3 is 0 Å². The fourth-order valence-electron chi connectivity index (χ4n) is 12.5. The summed E-state index contributed by atoms with van der Waals surface area (Å²) in [5.74, 6) is 1.69. The number of anilines is 6. The summed E-state index contributed by atoms with van der Waals surface area (Å²) in [6, 6.07) is 69.9. The van der Waals surface area contributed by atoms with Gasteiger partial charge in [-0.3, -0.25) is 9.80 Å². The van der Waals surface area contributed by atoms with E-state index >= 15 is 0 Å². The summed E-state index contributed by atoms with van der Waals surface area (Å²) in [7, 11) is 0. The van der Waals surface area contributed by atoms with E-state index in [-0.39, 0.29) is 17.5 Å². The molecule has 0 N–H and O–H groups in total. The van der Waals surface area contributed by atoms with Crippen LogP contribution in [0.15, 0.2) is 197 Å². The van der Waals surface area contributed by atoms with E-state index in [0.717, 1.165) is 67.4 Å². The molecule has 5 heteroatoms. The first-order valence-electron chi connectivity index (χ1n) is 25.0. The maximum Gasteiger partial charge on any atom is 0.262 e. The van der Waals surface area contributed by atoms with Crippen molar-refractivity contribution < 1.29 is 8.83 Å². The predicted molar refractivity (Wildman–Crippen MR) is 302 cm³/mol. The van der Waals surface area contributed by atoms with E-state index in [1.807, 2.05) is 0 Å². The Morgan fingerprint density at radius 1 is 0.310 bits per heavy atom. The van der Waals surface area contributed by atoms with E-state index < -0.39 is 0 Å². The Labute approximate surface area is 412 Å². The zero-order chi connectivity index (χ0) is 47.7. The van der Waals surface area contributed by atoms with Gasteiger partial charge in [0.25, 0.3) is 6.71 Å². The first kappa shape index (κ1) is 40.6. The number of fused-ring (bicyclic) bond motifs is 20. The van der Waals surface area contributed by atoms with Crippen molar-refractivity contribution in [2.24, 2.45) is 0 Å². The highest BCUT2D eigenvalue weighted by molar-refractivity contribution is 7.02. The van der Waals surface area contributed by atoms with Gasteiger partial charge < -0.3 is 8.83 Å². The Hall–Kier alpha value is -8.28. The van der Waals surface area contributed by atoms with Gasteiger partial charge in [-0.15, -0.1) is 0 Å². The van der Waals surface area contributed by atoms with Gasteiger partial charge in [0.2, 0.25) is 11.8 Å². The third-order valence-electron chi connectivity index (χ3n) is 15.9. The minimum atomic E-state index is -0.206. The molecule has 0 aliphatic carbocycles. The zero-order valence-corrected chi connectivity index (χ0v) is 40.7. The van der Waals surface area contributed by atoms with Crippen molar-refractivity contribution in [2.75, 3.05) is 9.80 Å². The van der Waals surface area contributed by atoms with Crippen LogP contribution in [0.4, 0.5) is 34.5 Å². The highest BCUT2D eigenvalue weighted by Crippen LogP contribution is 2.50. The second-order valence-electron chi connectivity index (χ2n) is 22.0. The normalized spacial score (nSPS) is 13.7. The third-order valence-corrected chi connectivity index (χ3v) is 15.9. The van der Waals surface area contributed by atoms with Crippen LogP contribution in [0.1, 0.15) is 52.7 Å². The van der Waals surface area contributed by atoms with Crippen LogP contribution in [-0.4, -0.2) is 6.71 Å². The molecule has 71 heavy (non-hydrogen) atoms. The molecule has 4 nitrogen and oxygen atoms in total. The molecule has 338 valence electrons. The van der Waals surface area contributed by atoms with Crippen LogP contribution in [0.5, 0.6) is 0 Å². The monoisotopic (exact) mass is 912 g/mol. The van der Waals surface area contributed by atoms with Crippen LogP contribution in [-0.2, 0) is 10.8 Å². The van der Waals surface area contributed by atoms with E-state index in [1.165, 1.54) is 81.2 Å². The Morgan fingerprint density at radius 2 is 0.648 bits per heavy atom. The molecule has 11 aromatic carbocycles. The van der Waals surface area contributed by atoms with Gasteiger partial charge in [0, 0.05) is 44.4 Å². The lowest BCUT2D eigenvalue weighted by atomic mass is 9.33. The lowest BCUT2D eigenvalue weighted by Gasteiger charge is -2.40. The van der Waals surface area contributed by atoms with Crippen LogP contribution in [0, 0.1) is 0 Å².